The zero-order chi connectivity index (χ0) is 21.6. The first kappa shape index (κ1) is 20.3. The lowest BCUT2D eigenvalue weighted by Gasteiger charge is -2.58. The highest BCUT2D eigenvalue weighted by Gasteiger charge is 2.54. The fraction of sp³-hybridized carbons (Fsp3) is 0.520. The predicted molar refractivity (Wildman–Crippen MR) is 120 cm³/mol. The third-order valence-electron chi connectivity index (χ3n) is 7.62. The van der Waals surface area contributed by atoms with E-state index in [1.165, 1.54) is 6.20 Å². The van der Waals surface area contributed by atoms with E-state index in [9.17, 15) is 15.0 Å². The van der Waals surface area contributed by atoms with Crippen molar-refractivity contribution in [1.29, 1.82) is 0 Å². The van der Waals surface area contributed by atoms with Crippen molar-refractivity contribution < 1.29 is 15.0 Å². The maximum Gasteiger partial charge on any atom is 0.339 e. The summed E-state index contributed by atoms with van der Waals surface area (Å²) in [7, 11) is 0. The van der Waals surface area contributed by atoms with Gasteiger partial charge in [-0.2, -0.15) is 0 Å². The van der Waals surface area contributed by atoms with E-state index >= 15 is 0 Å². The van der Waals surface area contributed by atoms with Crippen LogP contribution in [0, 0.1) is 17.8 Å². The summed E-state index contributed by atoms with van der Waals surface area (Å²) in [5.74, 6) is 1.20. The van der Waals surface area contributed by atoms with Crippen molar-refractivity contribution in [3.8, 4) is 0 Å². The summed E-state index contributed by atoms with van der Waals surface area (Å²) in [5, 5.41) is 27.9. The third kappa shape index (κ3) is 3.78. The molecule has 1 aromatic heterocycles. The average molecular weight is 422 g/mol. The van der Waals surface area contributed by atoms with Gasteiger partial charge in [0, 0.05) is 24.3 Å². The minimum atomic E-state index is -0.957. The molecule has 2 atom stereocenters. The number of nitrogens with one attached hydrogen (secondary N) is 2. The number of hydrogen-bond donors (Lipinski definition) is 4. The molecule has 6 nitrogen and oxygen atoms in total. The Hall–Kier alpha value is -2.60. The lowest BCUT2D eigenvalue weighted by atomic mass is 9.52. The first-order valence-electron chi connectivity index (χ1n) is 11.5. The second-order valence-corrected chi connectivity index (χ2v) is 9.74. The molecule has 4 N–H and O–H groups in total. The van der Waals surface area contributed by atoms with E-state index in [0.29, 0.717) is 36.4 Å². The Morgan fingerprint density at radius 1 is 1.16 bits per heavy atom. The van der Waals surface area contributed by atoms with E-state index in [-0.39, 0.29) is 11.6 Å². The molecule has 0 spiro atoms. The Morgan fingerprint density at radius 2 is 1.87 bits per heavy atom. The van der Waals surface area contributed by atoms with Crippen LogP contribution in [0.15, 0.2) is 36.5 Å². The summed E-state index contributed by atoms with van der Waals surface area (Å²) in [4.78, 5) is 16.5. The number of anilines is 2. The van der Waals surface area contributed by atoms with Crippen molar-refractivity contribution in [2.75, 3.05) is 10.6 Å². The number of nitrogens with zero attached hydrogens (tertiary/aromatic N) is 1. The van der Waals surface area contributed by atoms with Gasteiger partial charge < -0.3 is 20.8 Å². The number of hydrogen-bond acceptors (Lipinski definition) is 5. The largest absolute Gasteiger partial charge is 0.478 e. The highest BCUT2D eigenvalue weighted by atomic mass is 16.4. The van der Waals surface area contributed by atoms with Gasteiger partial charge in [0.05, 0.1) is 11.3 Å². The van der Waals surface area contributed by atoms with E-state index in [0.717, 1.165) is 49.0 Å². The molecule has 1 heterocycles. The molecule has 31 heavy (non-hydrogen) atoms. The van der Waals surface area contributed by atoms with Gasteiger partial charge in [-0.15, -0.1) is 0 Å². The van der Waals surface area contributed by atoms with Crippen LogP contribution in [0.4, 0.5) is 11.5 Å². The molecule has 6 heteroatoms. The van der Waals surface area contributed by atoms with Crippen molar-refractivity contribution in [3.05, 3.63) is 53.2 Å². The summed E-state index contributed by atoms with van der Waals surface area (Å²) in [6.45, 7) is 2.68. The van der Waals surface area contributed by atoms with Gasteiger partial charge >= 0.3 is 5.97 Å². The Morgan fingerprint density at radius 3 is 2.48 bits per heavy atom. The molecule has 0 radical (unpaired) electrons. The van der Waals surface area contributed by atoms with Gasteiger partial charge in [-0.05, 0) is 61.8 Å². The van der Waals surface area contributed by atoms with Crippen LogP contribution in [-0.4, -0.2) is 32.8 Å². The number of carboxylic acids is 1. The van der Waals surface area contributed by atoms with Crippen LogP contribution in [0.2, 0.25) is 0 Å². The summed E-state index contributed by atoms with van der Waals surface area (Å²) in [6.07, 6.45) is 7.01. The van der Waals surface area contributed by atoms with Crippen LogP contribution in [0.1, 0.15) is 60.5 Å². The van der Waals surface area contributed by atoms with Crippen molar-refractivity contribution in [2.24, 2.45) is 17.8 Å². The molecule has 4 bridgehead atoms. The highest BCUT2D eigenvalue weighted by molar-refractivity contribution is 5.95. The number of aliphatic hydroxyl groups is 1. The van der Waals surface area contributed by atoms with Gasteiger partial charge in [-0.1, -0.05) is 37.3 Å². The van der Waals surface area contributed by atoms with Gasteiger partial charge in [0.2, 0.25) is 0 Å². The first-order chi connectivity index (χ1) is 15.0. The number of carbonyl (C=O) groups is 1. The third-order valence-corrected chi connectivity index (χ3v) is 7.62. The molecule has 2 unspecified atom stereocenters. The predicted octanol–water partition coefficient (Wildman–Crippen LogP) is 4.31. The van der Waals surface area contributed by atoms with Gasteiger partial charge in [0.1, 0.15) is 11.4 Å². The SMILES string of the molecule is CCc1c(NCc2ccccc2)ncc(C(=O)O)c1NC1C2CC3CC1CC(O)(C3)C2. The highest BCUT2D eigenvalue weighted by Crippen LogP contribution is 2.56. The number of aromatic carboxylic acids is 1. The zero-order valence-corrected chi connectivity index (χ0v) is 18.0. The van der Waals surface area contributed by atoms with Crippen LogP contribution in [0.5, 0.6) is 0 Å². The topological polar surface area (TPSA) is 94.5 Å². The number of carboxylic acid groups (broad SMARTS) is 1. The number of aromatic nitrogens is 1. The van der Waals surface area contributed by atoms with E-state index in [4.69, 9.17) is 0 Å². The maximum atomic E-state index is 12.0. The molecule has 6 rings (SSSR count). The Bertz CT molecular complexity index is 961. The van der Waals surface area contributed by atoms with Crippen molar-refractivity contribution >= 4 is 17.5 Å². The fourth-order valence-electron chi connectivity index (χ4n) is 6.54. The van der Waals surface area contributed by atoms with Gasteiger partial charge in [-0.3, -0.25) is 0 Å². The minimum Gasteiger partial charge on any atom is -0.478 e. The maximum absolute atomic E-state index is 12.0. The van der Waals surface area contributed by atoms with Crippen LogP contribution < -0.4 is 10.6 Å². The minimum absolute atomic E-state index is 0.213. The molecule has 4 fully saturated rings. The Balaban J connectivity index is 1.44. The van der Waals surface area contributed by atoms with Gasteiger partial charge in [-0.25, -0.2) is 9.78 Å². The summed E-state index contributed by atoms with van der Waals surface area (Å²) >= 11 is 0. The normalized spacial score (nSPS) is 30.9. The van der Waals surface area contributed by atoms with Crippen LogP contribution >= 0.6 is 0 Å². The summed E-state index contributed by atoms with van der Waals surface area (Å²) in [5.41, 5.74) is 2.50. The van der Waals surface area contributed by atoms with E-state index in [1.807, 2.05) is 25.1 Å². The van der Waals surface area contributed by atoms with Crippen LogP contribution in [0.25, 0.3) is 0 Å². The second-order valence-electron chi connectivity index (χ2n) is 9.74. The van der Waals surface area contributed by atoms with Crippen LogP contribution in [-0.2, 0) is 13.0 Å². The molecule has 0 saturated heterocycles. The molecule has 0 aliphatic heterocycles. The molecule has 4 aliphatic carbocycles. The van der Waals surface area contributed by atoms with Crippen molar-refractivity contribution in [3.63, 3.8) is 0 Å². The Kier molecular flexibility index (Phi) is 5.13. The molecule has 1 aromatic carbocycles. The standard InChI is InChI=1S/C25H31N3O3/c1-2-19-22(28-21-17-8-16-9-18(21)12-25(31,10-16)11-17)20(24(29)30)14-27-23(19)26-13-15-6-4-3-5-7-15/h3-7,14,16-18,21,31H,2,8-13H2,1H3,(H,29,30)(H2,26,27,28). The quantitative estimate of drug-likeness (QED) is 0.532. The molecular formula is C25H31N3O3. The van der Waals surface area contributed by atoms with E-state index < -0.39 is 11.6 Å². The fourth-order valence-corrected chi connectivity index (χ4v) is 6.54. The molecule has 4 saturated carbocycles. The van der Waals surface area contributed by atoms with Crippen molar-refractivity contribution in [1.82, 2.24) is 4.98 Å². The summed E-state index contributed by atoms with van der Waals surface area (Å²) < 4.78 is 0. The van der Waals surface area contributed by atoms with Crippen LogP contribution in [0.3, 0.4) is 0 Å². The van der Waals surface area contributed by atoms with E-state index in [2.05, 4.69) is 27.8 Å². The summed E-state index contributed by atoms with van der Waals surface area (Å²) in [6, 6.07) is 10.3. The molecule has 0 amide bonds. The number of pyridine rings is 1. The number of rotatable bonds is 7. The average Bonchev–Trinajstić information content (AvgIpc) is 2.74. The Labute approximate surface area is 183 Å². The second kappa shape index (κ2) is 7.83. The van der Waals surface area contributed by atoms with E-state index in [1.54, 1.807) is 0 Å². The van der Waals surface area contributed by atoms with Crippen molar-refractivity contribution in [2.45, 2.75) is 63.6 Å². The molecule has 164 valence electrons. The molecule has 4 aliphatic rings. The zero-order valence-electron chi connectivity index (χ0n) is 18.0. The first-order valence-corrected chi connectivity index (χ1v) is 11.5. The van der Waals surface area contributed by atoms with Gasteiger partial charge in [0.15, 0.2) is 0 Å². The lowest BCUT2D eigenvalue weighted by molar-refractivity contribution is -0.129. The number of benzene rings is 1. The monoisotopic (exact) mass is 421 g/mol. The molecule has 2 aromatic rings. The lowest BCUT2D eigenvalue weighted by Crippen LogP contribution is -2.59. The smallest absolute Gasteiger partial charge is 0.339 e. The van der Waals surface area contributed by atoms with Gasteiger partial charge in [0.25, 0.3) is 0 Å². The molecular weight excluding hydrogens is 390 g/mol.